The Hall–Kier alpha value is -2.37. The summed E-state index contributed by atoms with van der Waals surface area (Å²) in [6.45, 7) is 4.40. The molecular weight excluding hydrogens is 333 g/mol. The van der Waals surface area contributed by atoms with Crippen molar-refractivity contribution in [2.24, 2.45) is 0 Å². The van der Waals surface area contributed by atoms with Gasteiger partial charge in [0.05, 0.1) is 5.56 Å². The minimum atomic E-state index is 0. The smallest absolute Gasteiger partial charge is 0.236 e. The predicted molar refractivity (Wildman–Crippen MR) is 95.1 cm³/mol. The van der Waals surface area contributed by atoms with Crippen LogP contribution in [0.25, 0.3) is 11.0 Å². The second-order valence-electron chi connectivity index (χ2n) is 4.65. The van der Waals surface area contributed by atoms with Gasteiger partial charge in [-0.25, -0.2) is 9.97 Å². The quantitative estimate of drug-likeness (QED) is 0.760. The van der Waals surface area contributed by atoms with E-state index in [-0.39, 0.29) is 12.4 Å². The molecule has 2 heterocycles. The van der Waals surface area contributed by atoms with Crippen molar-refractivity contribution in [3.8, 4) is 5.95 Å². The van der Waals surface area contributed by atoms with Gasteiger partial charge in [0, 0.05) is 30.2 Å². The maximum absolute atomic E-state index is 6.03. The van der Waals surface area contributed by atoms with Crippen LogP contribution in [-0.2, 0) is 6.54 Å². The first-order valence-electron chi connectivity index (χ1n) is 6.72. The number of halogens is 2. The van der Waals surface area contributed by atoms with Crippen LogP contribution in [-0.4, -0.2) is 19.5 Å². The summed E-state index contributed by atoms with van der Waals surface area (Å²) in [4.78, 5) is 12.8. The van der Waals surface area contributed by atoms with Crippen molar-refractivity contribution in [3.63, 3.8) is 0 Å². The molecule has 0 aliphatic rings. The van der Waals surface area contributed by atoms with E-state index in [0.717, 1.165) is 5.56 Å². The summed E-state index contributed by atoms with van der Waals surface area (Å²) >= 11 is 6.03. The molecule has 0 bridgehead atoms. The van der Waals surface area contributed by atoms with E-state index in [9.17, 15) is 0 Å². The van der Waals surface area contributed by atoms with Crippen LogP contribution in [0, 0.1) is 0 Å². The highest BCUT2D eigenvalue weighted by atomic mass is 35.5. The van der Waals surface area contributed by atoms with E-state index < -0.39 is 0 Å². The van der Waals surface area contributed by atoms with Gasteiger partial charge >= 0.3 is 0 Å². The van der Waals surface area contributed by atoms with E-state index in [2.05, 4.69) is 26.8 Å². The number of hydrogen-bond acceptors (Lipinski definition) is 4. The number of benzene rings is 1. The lowest BCUT2D eigenvalue weighted by Gasteiger charge is -2.11. The molecule has 23 heavy (non-hydrogen) atoms. The molecule has 0 radical (unpaired) electrons. The lowest BCUT2D eigenvalue weighted by atomic mass is 10.2. The highest BCUT2D eigenvalue weighted by Crippen LogP contribution is 2.24. The van der Waals surface area contributed by atoms with Gasteiger partial charge in [0.25, 0.3) is 0 Å². The average Bonchev–Trinajstić information content (AvgIpc) is 3.08. The van der Waals surface area contributed by atoms with Gasteiger partial charge in [0.2, 0.25) is 5.95 Å². The fourth-order valence-electron chi connectivity index (χ4n) is 1.99. The number of nitrogens with zero attached hydrogens (tertiary/aromatic N) is 4. The molecular formula is C16H15Cl2N5. The summed E-state index contributed by atoms with van der Waals surface area (Å²) in [5.41, 5.74) is 1.83. The molecule has 5 nitrogen and oxygen atoms in total. The van der Waals surface area contributed by atoms with Gasteiger partial charge in [-0.2, -0.15) is 4.98 Å². The Kier molecular flexibility index (Phi) is 5.73. The molecule has 2 aromatic heterocycles. The van der Waals surface area contributed by atoms with Crippen LogP contribution in [0.2, 0.25) is 0 Å². The molecule has 7 heteroatoms. The number of nitrogens with one attached hydrogen (secondary N) is 1. The molecule has 0 saturated heterocycles. The summed E-state index contributed by atoms with van der Waals surface area (Å²) < 4.78 is 1.73. The second kappa shape index (κ2) is 7.76. The van der Waals surface area contributed by atoms with E-state index in [1.165, 1.54) is 0 Å². The van der Waals surface area contributed by atoms with Gasteiger partial charge in [0.15, 0.2) is 0 Å². The maximum Gasteiger partial charge on any atom is 0.236 e. The highest BCUT2D eigenvalue weighted by Gasteiger charge is 2.10. The number of rotatable bonds is 5. The van der Waals surface area contributed by atoms with Crippen LogP contribution < -0.4 is 5.32 Å². The largest absolute Gasteiger partial charge is 0.365 e. The Morgan fingerprint density at radius 1 is 1.26 bits per heavy atom. The summed E-state index contributed by atoms with van der Waals surface area (Å²) in [7, 11) is 0. The number of aromatic nitrogens is 4. The Labute approximate surface area is 145 Å². The summed E-state index contributed by atoms with van der Waals surface area (Å²) in [5, 5.41) is 3.68. The second-order valence-corrected chi connectivity index (χ2v) is 5.10. The molecule has 0 amide bonds. The normalized spacial score (nSPS) is 9.96. The van der Waals surface area contributed by atoms with Gasteiger partial charge in [-0.15, -0.1) is 12.4 Å². The van der Waals surface area contributed by atoms with Crippen molar-refractivity contribution in [1.82, 2.24) is 19.5 Å². The van der Waals surface area contributed by atoms with E-state index in [1.807, 2.05) is 30.3 Å². The Balaban J connectivity index is 0.00000192. The Morgan fingerprint density at radius 2 is 2.04 bits per heavy atom. The van der Waals surface area contributed by atoms with Crippen LogP contribution in [0.5, 0.6) is 0 Å². The molecule has 0 aliphatic heterocycles. The third-order valence-electron chi connectivity index (χ3n) is 3.11. The van der Waals surface area contributed by atoms with Crippen molar-refractivity contribution >= 4 is 34.9 Å². The zero-order chi connectivity index (χ0) is 15.4. The third-order valence-corrected chi connectivity index (χ3v) is 3.31. The van der Waals surface area contributed by atoms with Crippen molar-refractivity contribution < 1.29 is 0 Å². The first kappa shape index (κ1) is 17.0. The molecule has 0 fully saturated rings. The van der Waals surface area contributed by atoms with E-state index in [0.29, 0.717) is 28.9 Å². The van der Waals surface area contributed by atoms with E-state index in [4.69, 9.17) is 11.6 Å². The van der Waals surface area contributed by atoms with Crippen molar-refractivity contribution in [2.75, 3.05) is 5.32 Å². The molecule has 3 aromatic rings. The zero-order valence-electron chi connectivity index (χ0n) is 12.2. The molecule has 0 atom stereocenters. The van der Waals surface area contributed by atoms with Crippen LogP contribution in [0.3, 0.4) is 0 Å². The molecule has 3 rings (SSSR count). The molecule has 1 aromatic carbocycles. The number of hydrogen-bond donors (Lipinski definition) is 1. The molecule has 118 valence electrons. The van der Waals surface area contributed by atoms with Gasteiger partial charge < -0.3 is 5.32 Å². The first-order valence-corrected chi connectivity index (χ1v) is 7.10. The molecule has 0 unspecified atom stereocenters. The Morgan fingerprint density at radius 3 is 2.70 bits per heavy atom. The highest BCUT2D eigenvalue weighted by molar-refractivity contribution is 6.48. The van der Waals surface area contributed by atoms with E-state index in [1.54, 1.807) is 29.5 Å². The summed E-state index contributed by atoms with van der Waals surface area (Å²) in [6.07, 6.45) is 6.76. The van der Waals surface area contributed by atoms with Crippen molar-refractivity contribution in [2.45, 2.75) is 6.54 Å². The van der Waals surface area contributed by atoms with Crippen LogP contribution >= 0.6 is 24.0 Å². The summed E-state index contributed by atoms with van der Waals surface area (Å²) in [6, 6.07) is 10.1. The Bertz CT molecular complexity index is 772. The van der Waals surface area contributed by atoms with Gasteiger partial charge in [-0.05, 0) is 5.56 Å². The van der Waals surface area contributed by atoms with Gasteiger partial charge in [-0.3, -0.25) is 4.57 Å². The minimum absolute atomic E-state index is 0. The zero-order valence-corrected chi connectivity index (χ0v) is 13.8. The molecule has 0 aliphatic carbocycles. The first-order chi connectivity index (χ1) is 10.7. The van der Waals surface area contributed by atoms with Crippen molar-refractivity contribution in [3.05, 3.63) is 73.0 Å². The lowest BCUT2D eigenvalue weighted by molar-refractivity contribution is 0.919. The third kappa shape index (κ3) is 4.09. The monoisotopic (exact) mass is 347 g/mol. The van der Waals surface area contributed by atoms with Crippen molar-refractivity contribution in [1.29, 1.82) is 0 Å². The molecule has 0 saturated carbocycles. The van der Waals surface area contributed by atoms with Gasteiger partial charge in [0.1, 0.15) is 12.1 Å². The number of imidazole rings is 1. The average molecular weight is 348 g/mol. The van der Waals surface area contributed by atoms with Crippen LogP contribution in [0.15, 0.2) is 61.8 Å². The minimum Gasteiger partial charge on any atom is -0.365 e. The topological polar surface area (TPSA) is 55.6 Å². The van der Waals surface area contributed by atoms with Gasteiger partial charge in [-0.1, -0.05) is 48.5 Å². The lowest BCUT2D eigenvalue weighted by Crippen LogP contribution is -2.08. The van der Waals surface area contributed by atoms with E-state index >= 15 is 0 Å². The predicted octanol–water partition coefficient (Wildman–Crippen LogP) is 3.91. The maximum atomic E-state index is 6.03. The molecule has 1 N–H and O–H groups in total. The SMILES string of the molecule is C=C(Cl)c1cnc(-n2ccnc2)nc1NCc1ccccc1.Cl. The fourth-order valence-corrected chi connectivity index (χ4v) is 2.13. The van der Waals surface area contributed by atoms with Crippen LogP contribution in [0.1, 0.15) is 11.1 Å². The van der Waals surface area contributed by atoms with Crippen LogP contribution in [0.4, 0.5) is 5.82 Å². The fraction of sp³-hybridized carbons (Fsp3) is 0.0625. The number of anilines is 1. The molecule has 0 spiro atoms. The summed E-state index contributed by atoms with van der Waals surface area (Å²) in [5.74, 6) is 1.16. The standard InChI is InChI=1S/C16H14ClN5.ClH/c1-12(17)14-10-20-16(22-8-7-18-11-22)21-15(14)19-9-13-5-3-2-4-6-13;/h2-8,10-11H,1,9H2,(H,19,20,21);1H.